The maximum absolute atomic E-state index is 5.92. The summed E-state index contributed by atoms with van der Waals surface area (Å²) in [5.74, 6) is 4.41. The topological polar surface area (TPSA) is 34.4 Å². The van der Waals surface area contributed by atoms with Crippen LogP contribution in [0.15, 0.2) is 28.7 Å². The summed E-state index contributed by atoms with van der Waals surface area (Å²) in [5.41, 5.74) is 0.784. The van der Waals surface area contributed by atoms with Crippen LogP contribution in [0.4, 0.5) is 0 Å². The van der Waals surface area contributed by atoms with Crippen LogP contribution in [0, 0.1) is 12.3 Å². The summed E-state index contributed by atoms with van der Waals surface area (Å²) in [7, 11) is 1.65. The van der Waals surface area contributed by atoms with Crippen molar-refractivity contribution in [1.29, 1.82) is 0 Å². The van der Waals surface area contributed by atoms with E-state index in [9.17, 15) is 0 Å². The number of nitrogens with one attached hydrogen (secondary N) is 1. The quantitative estimate of drug-likeness (QED) is 0.809. The van der Waals surface area contributed by atoms with E-state index in [1.807, 2.05) is 24.3 Å². The monoisotopic (exact) mass is 271 g/mol. The molecule has 1 aromatic heterocycles. The minimum absolute atomic E-state index is 0.0692. The zero-order chi connectivity index (χ0) is 14.5. The van der Waals surface area contributed by atoms with Gasteiger partial charge in [0.2, 0.25) is 0 Å². The van der Waals surface area contributed by atoms with E-state index in [2.05, 4.69) is 25.1 Å². The second-order valence-electron chi connectivity index (χ2n) is 4.92. The molecule has 0 saturated carbocycles. The number of para-hydroxylation sites is 1. The molecule has 0 radical (unpaired) electrons. The molecule has 106 valence electrons. The van der Waals surface area contributed by atoms with Gasteiger partial charge >= 0.3 is 0 Å². The minimum atomic E-state index is 0.0692. The fourth-order valence-corrected chi connectivity index (χ4v) is 2.32. The van der Waals surface area contributed by atoms with Crippen molar-refractivity contribution in [3.63, 3.8) is 0 Å². The number of terminal acetylenes is 1. The van der Waals surface area contributed by atoms with Gasteiger partial charge in [0.25, 0.3) is 0 Å². The Bertz CT molecular complexity index is 609. The average molecular weight is 271 g/mol. The Morgan fingerprint density at radius 2 is 2.25 bits per heavy atom. The average Bonchev–Trinajstić information content (AvgIpc) is 2.90. The van der Waals surface area contributed by atoms with Gasteiger partial charge in [0.05, 0.1) is 19.2 Å². The Hall–Kier alpha value is -1.92. The number of fused-ring (bicyclic) bond motifs is 1. The van der Waals surface area contributed by atoms with E-state index >= 15 is 0 Å². The second-order valence-corrected chi connectivity index (χ2v) is 4.92. The number of furan rings is 1. The molecule has 0 saturated heterocycles. The Kier molecular flexibility index (Phi) is 4.70. The van der Waals surface area contributed by atoms with Crippen LogP contribution in [0.5, 0.6) is 5.75 Å². The summed E-state index contributed by atoms with van der Waals surface area (Å²) in [6.07, 6.45) is 7.56. The maximum atomic E-state index is 5.92. The third kappa shape index (κ3) is 2.97. The van der Waals surface area contributed by atoms with Crippen molar-refractivity contribution in [2.24, 2.45) is 0 Å². The molecular formula is C17H21NO2. The fraction of sp³-hybridized carbons (Fsp3) is 0.412. The van der Waals surface area contributed by atoms with Crippen LogP contribution in [0.25, 0.3) is 11.0 Å². The minimum Gasteiger partial charge on any atom is -0.493 e. The number of hydrogen-bond donors (Lipinski definition) is 1. The second kappa shape index (κ2) is 6.49. The Labute approximate surface area is 120 Å². The highest BCUT2D eigenvalue weighted by molar-refractivity contribution is 5.83. The van der Waals surface area contributed by atoms with E-state index < -0.39 is 0 Å². The molecule has 1 N–H and O–H groups in total. The van der Waals surface area contributed by atoms with Crippen molar-refractivity contribution in [3.05, 3.63) is 30.0 Å². The van der Waals surface area contributed by atoms with Gasteiger partial charge < -0.3 is 9.15 Å². The van der Waals surface area contributed by atoms with Crippen LogP contribution in [0.3, 0.4) is 0 Å². The third-order valence-electron chi connectivity index (χ3n) is 3.40. The van der Waals surface area contributed by atoms with E-state index in [1.165, 1.54) is 0 Å². The van der Waals surface area contributed by atoms with Gasteiger partial charge in [0.1, 0.15) is 5.76 Å². The van der Waals surface area contributed by atoms with Crippen LogP contribution in [0.2, 0.25) is 0 Å². The van der Waals surface area contributed by atoms with Gasteiger partial charge in [-0.2, -0.15) is 0 Å². The number of hydrogen-bond acceptors (Lipinski definition) is 3. The molecule has 20 heavy (non-hydrogen) atoms. The Morgan fingerprint density at radius 1 is 1.45 bits per heavy atom. The zero-order valence-corrected chi connectivity index (χ0v) is 12.3. The SMILES string of the molecule is C#CC(CCC)NC(C)c1cc2cccc(OC)c2o1. The predicted molar refractivity (Wildman–Crippen MR) is 81.8 cm³/mol. The number of methoxy groups -OCH3 is 1. The summed E-state index contributed by atoms with van der Waals surface area (Å²) in [6.45, 7) is 4.19. The summed E-state index contributed by atoms with van der Waals surface area (Å²) in [6, 6.07) is 8.05. The van der Waals surface area contributed by atoms with E-state index in [4.69, 9.17) is 15.6 Å². The number of ether oxygens (including phenoxy) is 1. The highest BCUT2D eigenvalue weighted by atomic mass is 16.5. The molecule has 2 aromatic rings. The third-order valence-corrected chi connectivity index (χ3v) is 3.40. The van der Waals surface area contributed by atoms with E-state index in [0.29, 0.717) is 0 Å². The number of benzene rings is 1. The summed E-state index contributed by atoms with van der Waals surface area (Å²) in [4.78, 5) is 0. The molecule has 1 heterocycles. The standard InChI is InChI=1S/C17H21NO2/c1-5-8-14(6-2)18-12(3)16-11-13-9-7-10-15(19-4)17(13)20-16/h2,7,9-12,14,18H,5,8H2,1,3-4H3. The molecule has 1 aromatic carbocycles. The molecule has 3 heteroatoms. The van der Waals surface area contributed by atoms with Crippen LogP contribution in [-0.2, 0) is 0 Å². The van der Waals surface area contributed by atoms with Crippen LogP contribution in [-0.4, -0.2) is 13.2 Å². The van der Waals surface area contributed by atoms with Crippen LogP contribution in [0.1, 0.15) is 38.5 Å². The summed E-state index contributed by atoms with van der Waals surface area (Å²) >= 11 is 0. The lowest BCUT2D eigenvalue weighted by Gasteiger charge is -2.16. The molecule has 0 spiro atoms. The molecule has 0 bridgehead atoms. The van der Waals surface area contributed by atoms with Gasteiger partial charge in [-0.05, 0) is 25.5 Å². The van der Waals surface area contributed by atoms with E-state index in [0.717, 1.165) is 35.3 Å². The van der Waals surface area contributed by atoms with Crippen molar-refractivity contribution < 1.29 is 9.15 Å². The summed E-state index contributed by atoms with van der Waals surface area (Å²) < 4.78 is 11.2. The van der Waals surface area contributed by atoms with Gasteiger partial charge in [-0.3, -0.25) is 5.32 Å². The maximum Gasteiger partial charge on any atom is 0.176 e. The van der Waals surface area contributed by atoms with Crippen molar-refractivity contribution in [1.82, 2.24) is 5.32 Å². The van der Waals surface area contributed by atoms with Crippen molar-refractivity contribution in [3.8, 4) is 18.1 Å². The van der Waals surface area contributed by atoms with Gasteiger partial charge in [0.15, 0.2) is 11.3 Å². The molecule has 0 aliphatic carbocycles. The molecular weight excluding hydrogens is 250 g/mol. The van der Waals surface area contributed by atoms with Crippen molar-refractivity contribution >= 4 is 11.0 Å². The number of rotatable bonds is 6. The van der Waals surface area contributed by atoms with E-state index in [-0.39, 0.29) is 12.1 Å². The Balaban J connectivity index is 2.22. The first-order valence-electron chi connectivity index (χ1n) is 6.98. The smallest absolute Gasteiger partial charge is 0.176 e. The normalized spacial score (nSPS) is 13.9. The van der Waals surface area contributed by atoms with Gasteiger partial charge in [-0.1, -0.05) is 31.4 Å². The van der Waals surface area contributed by atoms with Gasteiger partial charge in [0, 0.05) is 5.39 Å². The first-order chi connectivity index (χ1) is 9.69. The molecule has 0 fully saturated rings. The molecule has 2 unspecified atom stereocenters. The molecule has 2 atom stereocenters. The summed E-state index contributed by atoms with van der Waals surface area (Å²) in [5, 5.41) is 4.45. The van der Waals surface area contributed by atoms with Gasteiger partial charge in [-0.25, -0.2) is 0 Å². The molecule has 3 nitrogen and oxygen atoms in total. The van der Waals surface area contributed by atoms with Crippen molar-refractivity contribution in [2.45, 2.75) is 38.8 Å². The Morgan fingerprint density at radius 3 is 2.90 bits per heavy atom. The predicted octanol–water partition coefficient (Wildman–Crippen LogP) is 3.89. The zero-order valence-electron chi connectivity index (χ0n) is 12.3. The first-order valence-corrected chi connectivity index (χ1v) is 6.98. The van der Waals surface area contributed by atoms with E-state index in [1.54, 1.807) is 7.11 Å². The lowest BCUT2D eigenvalue weighted by molar-refractivity contribution is 0.393. The lowest BCUT2D eigenvalue weighted by Crippen LogP contribution is -2.29. The van der Waals surface area contributed by atoms with Crippen LogP contribution < -0.4 is 10.1 Å². The van der Waals surface area contributed by atoms with Crippen LogP contribution >= 0.6 is 0 Å². The van der Waals surface area contributed by atoms with Gasteiger partial charge in [-0.15, -0.1) is 6.42 Å². The highest BCUT2D eigenvalue weighted by Crippen LogP contribution is 2.31. The fourth-order valence-electron chi connectivity index (χ4n) is 2.32. The molecule has 0 aliphatic rings. The largest absolute Gasteiger partial charge is 0.493 e. The first kappa shape index (κ1) is 14.5. The lowest BCUT2D eigenvalue weighted by atomic mass is 10.1. The molecule has 0 aliphatic heterocycles. The molecule has 2 rings (SSSR count). The van der Waals surface area contributed by atoms with Crippen molar-refractivity contribution in [2.75, 3.05) is 7.11 Å². The molecule has 0 amide bonds. The highest BCUT2D eigenvalue weighted by Gasteiger charge is 2.16.